The Morgan fingerprint density at radius 3 is 0.475 bits per heavy atom. The van der Waals surface area contributed by atoms with Crippen LogP contribution in [-0.4, -0.2) is 39.7 Å². The minimum Gasteiger partial charge on any atom is -0.473 e. The van der Waals surface area contributed by atoms with Crippen LogP contribution in [0.25, 0.3) is 0 Å². The zero-order valence-electron chi connectivity index (χ0n) is 42.0. The number of rotatable bonds is 0. The van der Waals surface area contributed by atoms with Crippen molar-refractivity contribution in [2.45, 2.75) is 166 Å². The summed E-state index contributed by atoms with van der Waals surface area (Å²) in [4.78, 5) is 66.6. The molecule has 2 aromatic heterocycles. The van der Waals surface area contributed by atoms with E-state index >= 15 is 0 Å². The molecule has 3 rings (SSSR count). The molecule has 3 aromatic rings. The molecule has 0 saturated carbocycles. The van der Waals surface area contributed by atoms with E-state index in [2.05, 4.69) is 9.40 Å². The fourth-order valence-electron chi connectivity index (χ4n) is 0.924. The van der Waals surface area contributed by atoms with Crippen molar-refractivity contribution in [3.8, 4) is 0 Å². The Morgan fingerprint density at radius 2 is 0.424 bits per heavy atom. The van der Waals surface area contributed by atoms with Crippen LogP contribution in [0.15, 0.2) is 96.1 Å². The Hall–Kier alpha value is -4.33. The molecule has 0 radical (unpaired) electrons. The maximum atomic E-state index is 10.5. The summed E-state index contributed by atoms with van der Waals surface area (Å²) in [6.45, 7) is 44.1. The number of ketones is 6. The third kappa shape index (κ3) is 60.5. The van der Waals surface area contributed by atoms with Gasteiger partial charge in [-0.15, -0.1) is 0 Å². The summed E-state index contributed by atoms with van der Waals surface area (Å²) >= 11 is 0. The van der Waals surface area contributed by atoms with E-state index in [4.69, 9.17) is 0 Å². The zero-order chi connectivity index (χ0) is 48.5. The molecule has 8 heteroatoms. The van der Waals surface area contributed by atoms with E-state index in [1.54, 1.807) is 66.5 Å². The van der Waals surface area contributed by atoms with Crippen LogP contribution in [0.3, 0.4) is 0 Å². The van der Waals surface area contributed by atoms with Crippen LogP contribution in [0.4, 0.5) is 0 Å². The van der Waals surface area contributed by atoms with Crippen molar-refractivity contribution in [1.29, 1.82) is 0 Å². The van der Waals surface area contributed by atoms with Crippen LogP contribution in [0, 0.1) is 32.5 Å². The molecule has 338 valence electrons. The lowest BCUT2D eigenvalue weighted by Crippen LogP contribution is -2.15. The maximum Gasteiger partial charge on any atom is 0.135 e. The third-order valence-electron chi connectivity index (χ3n) is 8.00. The molecule has 0 N–H and O–H groups in total. The zero-order valence-corrected chi connectivity index (χ0v) is 42.0. The molecule has 0 saturated heterocycles. The van der Waals surface area contributed by atoms with Gasteiger partial charge in [0.25, 0.3) is 0 Å². The lowest BCUT2D eigenvalue weighted by molar-refractivity contribution is -0.124. The second kappa shape index (κ2) is 33.5. The highest BCUT2D eigenvalue weighted by Crippen LogP contribution is 2.15. The minimum atomic E-state index is -0.139. The van der Waals surface area contributed by atoms with Gasteiger partial charge in [-0.3, -0.25) is 33.8 Å². The number of hydrogen-bond donors (Lipinski definition) is 0. The smallest absolute Gasteiger partial charge is 0.135 e. The van der Waals surface area contributed by atoms with Crippen LogP contribution in [0.5, 0.6) is 0 Å². The molecule has 1 aromatic carbocycles. The standard InChI is InChI=1S/6C6H12O.C6H6.C5H5N.C4H4O/c6*1-5(7)6(2,3)4;2*1-2-4-6-5-3-1;1-2-4-5-3-1/h6*1-4H3;1-6H;1-5H;1-4H. The van der Waals surface area contributed by atoms with Crippen molar-refractivity contribution >= 4 is 34.7 Å². The normalized spacial score (nSPS) is 10.4. The highest BCUT2D eigenvalue weighted by atomic mass is 16.3. The fourth-order valence-corrected chi connectivity index (χ4v) is 0.924. The number of nitrogens with zero attached hydrogens (tertiary/aromatic N) is 1. The van der Waals surface area contributed by atoms with Crippen molar-refractivity contribution in [3.63, 3.8) is 0 Å². The van der Waals surface area contributed by atoms with Gasteiger partial charge in [0.1, 0.15) is 34.7 Å². The summed E-state index contributed by atoms with van der Waals surface area (Å²) < 4.78 is 4.58. The van der Waals surface area contributed by atoms with Crippen LogP contribution in [-0.2, 0) is 28.8 Å². The van der Waals surface area contributed by atoms with Gasteiger partial charge in [0, 0.05) is 44.9 Å². The van der Waals surface area contributed by atoms with E-state index in [1.165, 1.54) is 0 Å². The molecule has 0 aliphatic heterocycles. The van der Waals surface area contributed by atoms with E-state index < -0.39 is 0 Å². The molecule has 0 aliphatic rings. The molecule has 59 heavy (non-hydrogen) atoms. The summed E-state index contributed by atoms with van der Waals surface area (Å²) in [6, 6.07) is 21.4. The highest BCUT2D eigenvalue weighted by Gasteiger charge is 2.17. The van der Waals surface area contributed by atoms with Gasteiger partial charge >= 0.3 is 0 Å². The number of aromatic nitrogens is 1. The summed E-state index contributed by atoms with van der Waals surface area (Å²) in [5.41, 5.74) is -0.833. The van der Waals surface area contributed by atoms with Gasteiger partial charge < -0.3 is 4.42 Å². The summed E-state index contributed by atoms with van der Waals surface area (Å²) in [6.07, 6.45) is 6.75. The average molecular weight is 826 g/mol. The second-order valence-corrected chi connectivity index (χ2v) is 19.8. The Morgan fingerprint density at radius 1 is 0.288 bits per heavy atom. The van der Waals surface area contributed by atoms with Gasteiger partial charge in [-0.2, -0.15) is 0 Å². The number of hydrogen-bond acceptors (Lipinski definition) is 8. The largest absolute Gasteiger partial charge is 0.473 e. The molecular weight excluding hydrogens is 739 g/mol. The van der Waals surface area contributed by atoms with Crippen molar-refractivity contribution in [2.24, 2.45) is 32.5 Å². The van der Waals surface area contributed by atoms with Crippen molar-refractivity contribution in [2.75, 3.05) is 0 Å². The molecular formula is C51H87NO7. The molecule has 2 heterocycles. The van der Waals surface area contributed by atoms with E-state index in [0.29, 0.717) is 0 Å². The first kappa shape index (κ1) is 66.5. The molecule has 0 bridgehead atoms. The summed E-state index contributed by atoms with van der Waals surface area (Å²) in [5, 5.41) is 0. The van der Waals surface area contributed by atoms with E-state index in [0.717, 1.165) is 0 Å². The van der Waals surface area contributed by atoms with Crippen LogP contribution in [0.1, 0.15) is 166 Å². The van der Waals surface area contributed by atoms with Crippen molar-refractivity contribution in [3.05, 3.63) is 91.7 Å². The van der Waals surface area contributed by atoms with E-state index in [-0.39, 0.29) is 67.2 Å². The number of benzene rings is 1. The number of furan rings is 1. The predicted octanol–water partition coefficient (Wildman–Crippen LogP) is 13.8. The van der Waals surface area contributed by atoms with Gasteiger partial charge in [-0.05, 0) is 65.8 Å². The number of Topliss-reactive ketones (excluding diaryl/α,β-unsaturated/α-hetero) is 6. The van der Waals surface area contributed by atoms with Gasteiger partial charge in [0.15, 0.2) is 0 Å². The number of carbonyl (C=O) groups is 6. The molecule has 0 amide bonds. The minimum absolute atomic E-state index is 0.139. The van der Waals surface area contributed by atoms with Gasteiger partial charge in [-0.1, -0.05) is 167 Å². The molecule has 0 unspecified atom stereocenters. The number of pyridine rings is 1. The molecule has 8 nitrogen and oxygen atoms in total. The van der Waals surface area contributed by atoms with Gasteiger partial charge in [0.05, 0.1) is 12.5 Å². The first-order valence-electron chi connectivity index (χ1n) is 20.0. The maximum absolute atomic E-state index is 10.5. The predicted molar refractivity (Wildman–Crippen MR) is 250 cm³/mol. The van der Waals surface area contributed by atoms with E-state index in [1.807, 2.05) is 191 Å². The Labute approximate surface area is 362 Å². The quantitative estimate of drug-likeness (QED) is 0.219. The first-order chi connectivity index (χ1) is 26.2. The SMILES string of the molecule is CC(=O)C(C)(C)C.CC(=O)C(C)(C)C.CC(=O)C(C)(C)C.CC(=O)C(C)(C)C.CC(=O)C(C)(C)C.CC(=O)C(C)(C)C.c1ccccc1.c1ccncc1.c1ccoc1. The lowest BCUT2D eigenvalue weighted by atomic mass is 9.92. The van der Waals surface area contributed by atoms with Crippen molar-refractivity contribution < 1.29 is 33.2 Å². The van der Waals surface area contributed by atoms with Gasteiger partial charge in [-0.25, -0.2) is 0 Å². The second-order valence-electron chi connectivity index (χ2n) is 19.8. The van der Waals surface area contributed by atoms with Crippen LogP contribution in [0.2, 0.25) is 0 Å². The first-order valence-corrected chi connectivity index (χ1v) is 20.0. The van der Waals surface area contributed by atoms with Crippen molar-refractivity contribution in [1.82, 2.24) is 4.98 Å². The molecule has 0 spiro atoms. The van der Waals surface area contributed by atoms with Gasteiger partial charge in [0.2, 0.25) is 0 Å². The summed E-state index contributed by atoms with van der Waals surface area (Å²) in [7, 11) is 0. The Bertz CT molecular complexity index is 1190. The Kier molecular flexibility index (Phi) is 37.7. The average Bonchev–Trinajstić information content (AvgIpc) is 3.67. The van der Waals surface area contributed by atoms with Crippen LogP contribution < -0.4 is 0 Å². The Balaban J connectivity index is -0.000000134. The monoisotopic (exact) mass is 826 g/mol. The number of carbonyl (C=O) groups excluding carboxylic acids is 6. The van der Waals surface area contributed by atoms with E-state index in [9.17, 15) is 28.8 Å². The fraction of sp³-hybridized carbons (Fsp3) is 0.588. The lowest BCUT2D eigenvalue weighted by Gasteiger charge is -2.11. The van der Waals surface area contributed by atoms with Crippen LogP contribution >= 0.6 is 0 Å². The summed E-state index contributed by atoms with van der Waals surface area (Å²) in [5.74, 6) is 1.46. The molecule has 0 aliphatic carbocycles. The topological polar surface area (TPSA) is 128 Å². The highest BCUT2D eigenvalue weighted by molar-refractivity contribution is 5.82. The molecule has 0 fully saturated rings. The molecule has 0 atom stereocenters. The third-order valence-corrected chi connectivity index (χ3v) is 8.00.